The van der Waals surface area contributed by atoms with E-state index in [0.29, 0.717) is 13.1 Å². The van der Waals surface area contributed by atoms with Gasteiger partial charge in [-0.25, -0.2) is 4.98 Å². The summed E-state index contributed by atoms with van der Waals surface area (Å²) in [7, 11) is 0. The standard InChI is InChI=1S/C25H26N4O2/c30-24-13-22(16-29(24)23-9-8-20-2-1-3-21(20)12-23)25(31)27-14-18-4-6-19(7-5-18)15-28-11-10-26-17-28/h4-12,17,22H,1-3,13-16H2,(H,27,31)/t22-/m1/s1. The maximum Gasteiger partial charge on any atom is 0.227 e. The molecule has 0 spiro atoms. The second-order valence-corrected chi connectivity index (χ2v) is 8.48. The Morgan fingerprint density at radius 2 is 1.87 bits per heavy atom. The minimum absolute atomic E-state index is 0.0296. The zero-order chi connectivity index (χ0) is 21.2. The van der Waals surface area contributed by atoms with Crippen LogP contribution in [0.3, 0.4) is 0 Å². The molecule has 0 saturated carbocycles. The van der Waals surface area contributed by atoms with Crippen molar-refractivity contribution in [1.29, 1.82) is 0 Å². The lowest BCUT2D eigenvalue weighted by molar-refractivity contribution is -0.126. The summed E-state index contributed by atoms with van der Waals surface area (Å²) in [5.74, 6) is -0.331. The Morgan fingerprint density at radius 3 is 2.68 bits per heavy atom. The monoisotopic (exact) mass is 414 g/mol. The highest BCUT2D eigenvalue weighted by Gasteiger charge is 2.35. The molecule has 158 valence electrons. The van der Waals surface area contributed by atoms with Crippen molar-refractivity contribution in [2.75, 3.05) is 11.4 Å². The van der Waals surface area contributed by atoms with E-state index in [1.165, 1.54) is 23.1 Å². The Bertz CT molecular complexity index is 1090. The Kier molecular flexibility index (Phi) is 5.28. The molecule has 0 radical (unpaired) electrons. The van der Waals surface area contributed by atoms with Crippen molar-refractivity contribution in [2.45, 2.75) is 38.8 Å². The van der Waals surface area contributed by atoms with Crippen molar-refractivity contribution >= 4 is 17.5 Å². The number of nitrogens with zero attached hydrogens (tertiary/aromatic N) is 3. The number of aryl methyl sites for hydroxylation is 2. The van der Waals surface area contributed by atoms with Crippen LogP contribution in [0.25, 0.3) is 0 Å². The molecular weight excluding hydrogens is 388 g/mol. The molecule has 1 saturated heterocycles. The molecule has 0 unspecified atom stereocenters. The number of amides is 2. The summed E-state index contributed by atoms with van der Waals surface area (Å²) in [6.07, 6.45) is 9.15. The molecule has 2 amide bonds. The summed E-state index contributed by atoms with van der Waals surface area (Å²) in [5.41, 5.74) is 5.88. The summed E-state index contributed by atoms with van der Waals surface area (Å²) in [4.78, 5) is 31.1. The highest BCUT2D eigenvalue weighted by atomic mass is 16.2. The maximum atomic E-state index is 12.7. The summed E-state index contributed by atoms with van der Waals surface area (Å²) in [6, 6.07) is 14.5. The van der Waals surface area contributed by atoms with Gasteiger partial charge in [0.05, 0.1) is 12.2 Å². The summed E-state index contributed by atoms with van der Waals surface area (Å²) < 4.78 is 2.01. The largest absolute Gasteiger partial charge is 0.352 e. The van der Waals surface area contributed by atoms with Crippen LogP contribution in [-0.2, 0) is 35.5 Å². The van der Waals surface area contributed by atoms with Gasteiger partial charge in [0.1, 0.15) is 0 Å². The first-order chi connectivity index (χ1) is 15.2. The van der Waals surface area contributed by atoms with E-state index in [2.05, 4.69) is 34.6 Å². The van der Waals surface area contributed by atoms with Gasteiger partial charge in [0.25, 0.3) is 0 Å². The molecule has 2 heterocycles. The van der Waals surface area contributed by atoms with Crippen molar-refractivity contribution in [3.8, 4) is 0 Å². The lowest BCUT2D eigenvalue weighted by Crippen LogP contribution is -2.32. The van der Waals surface area contributed by atoms with Gasteiger partial charge in [-0.2, -0.15) is 0 Å². The SMILES string of the molecule is O=C(NCc1ccc(Cn2ccnc2)cc1)[C@@H]1CC(=O)N(c2ccc3c(c2)CCC3)C1. The number of nitrogens with one attached hydrogen (secondary N) is 1. The number of benzene rings is 2. The smallest absolute Gasteiger partial charge is 0.227 e. The van der Waals surface area contributed by atoms with Crippen molar-refractivity contribution in [3.63, 3.8) is 0 Å². The maximum absolute atomic E-state index is 12.7. The van der Waals surface area contributed by atoms with E-state index >= 15 is 0 Å². The number of hydrogen-bond acceptors (Lipinski definition) is 3. The summed E-state index contributed by atoms with van der Waals surface area (Å²) in [6.45, 7) is 1.69. The van der Waals surface area contributed by atoms with Gasteiger partial charge in [0.15, 0.2) is 0 Å². The first-order valence-corrected chi connectivity index (χ1v) is 10.9. The third kappa shape index (κ3) is 4.24. The highest BCUT2D eigenvalue weighted by molar-refractivity contribution is 6.00. The molecule has 3 aromatic rings. The first-order valence-electron chi connectivity index (χ1n) is 10.9. The Morgan fingerprint density at radius 1 is 1.06 bits per heavy atom. The molecule has 6 heteroatoms. The molecular formula is C25H26N4O2. The van der Waals surface area contributed by atoms with E-state index in [1.54, 1.807) is 17.4 Å². The van der Waals surface area contributed by atoms with Gasteiger partial charge in [-0.15, -0.1) is 0 Å². The van der Waals surface area contributed by atoms with Crippen LogP contribution in [-0.4, -0.2) is 27.9 Å². The van der Waals surface area contributed by atoms with Crippen LogP contribution in [0.1, 0.15) is 35.1 Å². The molecule has 1 fully saturated rings. The average Bonchev–Trinajstić information content (AvgIpc) is 3.53. The van der Waals surface area contributed by atoms with Crippen LogP contribution in [0.4, 0.5) is 5.69 Å². The molecule has 1 aromatic heterocycles. The predicted octanol–water partition coefficient (Wildman–Crippen LogP) is 3.09. The number of anilines is 1. The van der Waals surface area contributed by atoms with E-state index in [-0.39, 0.29) is 24.2 Å². The molecule has 31 heavy (non-hydrogen) atoms. The molecule has 2 aliphatic rings. The fourth-order valence-corrected chi connectivity index (χ4v) is 4.55. The molecule has 2 aromatic carbocycles. The van der Waals surface area contributed by atoms with E-state index in [0.717, 1.165) is 30.6 Å². The van der Waals surface area contributed by atoms with Crippen molar-refractivity contribution < 1.29 is 9.59 Å². The quantitative estimate of drug-likeness (QED) is 0.674. The van der Waals surface area contributed by atoms with Crippen molar-refractivity contribution in [2.24, 2.45) is 5.92 Å². The fraction of sp³-hybridized carbons (Fsp3) is 0.320. The van der Waals surface area contributed by atoms with Crippen LogP contribution in [0.2, 0.25) is 0 Å². The lowest BCUT2D eigenvalue weighted by atomic mass is 10.1. The predicted molar refractivity (Wildman–Crippen MR) is 119 cm³/mol. The van der Waals surface area contributed by atoms with E-state index < -0.39 is 0 Å². The number of carbonyl (C=O) groups excluding carboxylic acids is 2. The fourth-order valence-electron chi connectivity index (χ4n) is 4.55. The van der Waals surface area contributed by atoms with Crippen molar-refractivity contribution in [3.05, 3.63) is 83.4 Å². The molecule has 1 N–H and O–H groups in total. The number of imidazole rings is 1. The zero-order valence-electron chi connectivity index (χ0n) is 17.5. The first kappa shape index (κ1) is 19.5. The van der Waals surface area contributed by atoms with E-state index in [4.69, 9.17) is 0 Å². The van der Waals surface area contributed by atoms with Gasteiger partial charge < -0.3 is 14.8 Å². The Balaban J connectivity index is 1.16. The minimum Gasteiger partial charge on any atom is -0.352 e. The van der Waals surface area contributed by atoms with Crippen molar-refractivity contribution in [1.82, 2.24) is 14.9 Å². The molecule has 0 bridgehead atoms. The third-order valence-corrected chi connectivity index (χ3v) is 6.30. The van der Waals surface area contributed by atoms with Crippen LogP contribution in [0.5, 0.6) is 0 Å². The van der Waals surface area contributed by atoms with Gasteiger partial charge in [-0.05, 0) is 53.6 Å². The Hall–Kier alpha value is -3.41. The number of carbonyl (C=O) groups is 2. The van der Waals surface area contributed by atoms with Crippen LogP contribution in [0.15, 0.2) is 61.2 Å². The van der Waals surface area contributed by atoms with Gasteiger partial charge in [0.2, 0.25) is 11.8 Å². The van der Waals surface area contributed by atoms with Gasteiger partial charge in [0, 0.05) is 44.1 Å². The van der Waals surface area contributed by atoms with Gasteiger partial charge >= 0.3 is 0 Å². The molecule has 1 atom stereocenters. The topological polar surface area (TPSA) is 67.2 Å². The van der Waals surface area contributed by atoms with E-state index in [9.17, 15) is 9.59 Å². The average molecular weight is 415 g/mol. The zero-order valence-corrected chi connectivity index (χ0v) is 17.5. The molecule has 5 rings (SSSR count). The Labute approximate surface area is 181 Å². The number of aromatic nitrogens is 2. The second kappa shape index (κ2) is 8.38. The third-order valence-electron chi connectivity index (χ3n) is 6.30. The van der Waals surface area contributed by atoms with Crippen LogP contribution >= 0.6 is 0 Å². The molecule has 6 nitrogen and oxygen atoms in total. The molecule has 1 aliphatic carbocycles. The highest BCUT2D eigenvalue weighted by Crippen LogP contribution is 2.30. The van der Waals surface area contributed by atoms with Gasteiger partial charge in [-0.1, -0.05) is 30.3 Å². The number of fused-ring (bicyclic) bond motifs is 1. The van der Waals surface area contributed by atoms with E-state index in [1.807, 2.05) is 29.0 Å². The second-order valence-electron chi connectivity index (χ2n) is 8.48. The number of rotatable bonds is 6. The van der Waals surface area contributed by atoms with Gasteiger partial charge in [-0.3, -0.25) is 9.59 Å². The normalized spacial score (nSPS) is 17.7. The number of hydrogen-bond donors (Lipinski definition) is 1. The molecule has 1 aliphatic heterocycles. The lowest BCUT2D eigenvalue weighted by Gasteiger charge is -2.18. The van der Waals surface area contributed by atoms with Crippen LogP contribution in [0, 0.1) is 5.92 Å². The summed E-state index contributed by atoms with van der Waals surface area (Å²) >= 11 is 0. The summed E-state index contributed by atoms with van der Waals surface area (Å²) in [5, 5.41) is 3.01. The minimum atomic E-state index is -0.304. The van der Waals surface area contributed by atoms with Crippen LogP contribution < -0.4 is 10.2 Å².